The van der Waals surface area contributed by atoms with Gasteiger partial charge in [-0.3, -0.25) is 9.59 Å². The largest absolute Gasteiger partial charge is 0.382 e. The highest BCUT2D eigenvalue weighted by molar-refractivity contribution is 6.09. The van der Waals surface area contributed by atoms with Gasteiger partial charge >= 0.3 is 0 Å². The van der Waals surface area contributed by atoms with Gasteiger partial charge in [-0.2, -0.15) is 0 Å². The number of hydrogen-bond donors (Lipinski definition) is 1. The first-order chi connectivity index (χ1) is 21.7. The van der Waals surface area contributed by atoms with Gasteiger partial charge < -0.3 is 29.7 Å². The molecule has 1 aliphatic carbocycles. The first-order valence-electron chi connectivity index (χ1n) is 16.9. The predicted molar refractivity (Wildman–Crippen MR) is 174 cm³/mol. The van der Waals surface area contributed by atoms with Crippen LogP contribution in [-0.2, 0) is 19.7 Å². The summed E-state index contributed by atoms with van der Waals surface area (Å²) >= 11 is 0. The number of pyridine rings is 1. The summed E-state index contributed by atoms with van der Waals surface area (Å²) in [5, 5.41) is 0. The molecule has 10 nitrogen and oxygen atoms in total. The van der Waals surface area contributed by atoms with Gasteiger partial charge in [0.2, 0.25) is 11.8 Å². The van der Waals surface area contributed by atoms with Gasteiger partial charge in [-0.15, -0.1) is 0 Å². The zero-order valence-corrected chi connectivity index (χ0v) is 26.8. The minimum atomic E-state index is -0.607. The minimum absolute atomic E-state index is 0.156. The van der Waals surface area contributed by atoms with E-state index in [0.29, 0.717) is 51.0 Å². The Kier molecular flexibility index (Phi) is 6.77. The molecule has 8 rings (SSSR count). The van der Waals surface area contributed by atoms with E-state index in [1.807, 2.05) is 24.2 Å². The molecule has 2 amide bonds. The summed E-state index contributed by atoms with van der Waals surface area (Å²) in [6, 6.07) is 9.37. The summed E-state index contributed by atoms with van der Waals surface area (Å²) in [6.07, 6.45) is 9.01. The van der Waals surface area contributed by atoms with Crippen molar-refractivity contribution in [2.45, 2.75) is 89.3 Å². The first kappa shape index (κ1) is 28.9. The van der Waals surface area contributed by atoms with Crippen LogP contribution in [0.15, 0.2) is 30.6 Å². The molecule has 2 aromatic heterocycles. The van der Waals surface area contributed by atoms with Crippen molar-refractivity contribution in [1.29, 1.82) is 0 Å². The number of carbonyl (C=O) groups is 2. The normalized spacial score (nSPS) is 25.9. The van der Waals surface area contributed by atoms with Crippen LogP contribution in [0.25, 0.3) is 22.3 Å². The molecule has 0 bridgehead atoms. The standard InChI is InChI=1S/C35H45N7O3/c1-22(2)41-21-37-28-18-27(38-31(36)30(28)41)23-7-8-26-29(15-23)42(25-16-24(17-25)39-11-5-4-6-12-39)33(44)35(26)9-13-40(14-10-35)32(43)34(3)19-45-20-34/h7-8,15,18,21-22,24-25H,4-6,9-14,16-17,19-20H2,1-3H3,(H2,36,38)/t24-,25+. The molecule has 5 aliphatic rings. The van der Waals surface area contributed by atoms with E-state index < -0.39 is 10.8 Å². The smallest absolute Gasteiger partial charge is 0.238 e. The summed E-state index contributed by atoms with van der Waals surface area (Å²) in [7, 11) is 0. The molecule has 0 unspecified atom stereocenters. The van der Waals surface area contributed by atoms with E-state index in [1.165, 1.54) is 32.4 Å². The van der Waals surface area contributed by atoms with Crippen LogP contribution in [-0.4, -0.2) is 87.6 Å². The average molecular weight is 612 g/mol. The third-order valence-electron chi connectivity index (χ3n) is 11.5. The molecule has 45 heavy (non-hydrogen) atoms. The number of fused-ring (bicyclic) bond motifs is 3. The number of likely N-dealkylation sites (tertiary alicyclic amines) is 2. The number of imidazole rings is 1. The van der Waals surface area contributed by atoms with Gasteiger partial charge in [-0.05, 0) is 90.1 Å². The Bertz CT molecular complexity index is 1660. The van der Waals surface area contributed by atoms with E-state index in [-0.39, 0.29) is 23.9 Å². The van der Waals surface area contributed by atoms with Gasteiger partial charge in [0, 0.05) is 42.5 Å². The van der Waals surface area contributed by atoms with E-state index in [0.717, 1.165) is 46.4 Å². The molecule has 2 N–H and O–H groups in total. The second-order valence-corrected chi connectivity index (χ2v) is 14.7. The fraction of sp³-hybridized carbons (Fsp3) is 0.600. The molecular weight excluding hydrogens is 566 g/mol. The number of nitrogen functional groups attached to an aromatic ring is 1. The number of amides is 2. The van der Waals surface area contributed by atoms with Crippen molar-refractivity contribution in [3.8, 4) is 11.3 Å². The molecular formula is C35H45N7O3. The summed E-state index contributed by atoms with van der Waals surface area (Å²) in [6.45, 7) is 10.7. The highest BCUT2D eigenvalue weighted by atomic mass is 16.5. The van der Waals surface area contributed by atoms with Crippen LogP contribution < -0.4 is 10.6 Å². The maximum Gasteiger partial charge on any atom is 0.238 e. The van der Waals surface area contributed by atoms with Crippen molar-refractivity contribution in [3.05, 3.63) is 36.2 Å². The number of ether oxygens (including phenoxy) is 1. The molecule has 1 saturated carbocycles. The highest BCUT2D eigenvalue weighted by Gasteiger charge is 2.56. The van der Waals surface area contributed by atoms with Gasteiger partial charge in [0.1, 0.15) is 11.3 Å². The van der Waals surface area contributed by atoms with E-state index in [4.69, 9.17) is 15.5 Å². The lowest BCUT2D eigenvalue weighted by Crippen LogP contribution is -2.59. The number of piperidine rings is 2. The van der Waals surface area contributed by atoms with Gasteiger partial charge in [0.25, 0.3) is 0 Å². The molecule has 0 atom stereocenters. The number of anilines is 2. The lowest BCUT2D eigenvalue weighted by molar-refractivity contribution is -0.170. The Balaban J connectivity index is 1.13. The maximum absolute atomic E-state index is 14.7. The fourth-order valence-corrected chi connectivity index (χ4v) is 8.58. The van der Waals surface area contributed by atoms with Crippen molar-refractivity contribution in [3.63, 3.8) is 0 Å². The Labute approximate surface area is 264 Å². The zero-order chi connectivity index (χ0) is 31.1. The van der Waals surface area contributed by atoms with Crippen LogP contribution in [0.4, 0.5) is 11.5 Å². The van der Waals surface area contributed by atoms with Crippen LogP contribution in [0.5, 0.6) is 0 Å². The number of nitrogens with zero attached hydrogens (tertiary/aromatic N) is 6. The summed E-state index contributed by atoms with van der Waals surface area (Å²) < 4.78 is 7.43. The second-order valence-electron chi connectivity index (χ2n) is 14.7. The van der Waals surface area contributed by atoms with Crippen LogP contribution in [0, 0.1) is 5.41 Å². The first-order valence-corrected chi connectivity index (χ1v) is 16.9. The number of carbonyl (C=O) groups excluding carboxylic acids is 2. The quantitative estimate of drug-likeness (QED) is 0.452. The Hall–Kier alpha value is -3.50. The van der Waals surface area contributed by atoms with Gasteiger partial charge in [0.05, 0.1) is 41.6 Å². The molecule has 238 valence electrons. The summed E-state index contributed by atoms with van der Waals surface area (Å²) in [5.41, 5.74) is 11.0. The minimum Gasteiger partial charge on any atom is -0.382 e. The molecule has 1 spiro atoms. The van der Waals surface area contributed by atoms with Crippen LogP contribution in [0.1, 0.15) is 77.3 Å². The van der Waals surface area contributed by atoms with Crippen molar-refractivity contribution in [2.24, 2.45) is 5.41 Å². The van der Waals surface area contributed by atoms with E-state index in [9.17, 15) is 9.59 Å². The lowest BCUT2D eigenvalue weighted by atomic mass is 9.72. The van der Waals surface area contributed by atoms with Crippen LogP contribution >= 0.6 is 0 Å². The number of hydrogen-bond acceptors (Lipinski definition) is 7. The Morgan fingerprint density at radius 3 is 2.42 bits per heavy atom. The average Bonchev–Trinajstić information content (AvgIpc) is 3.54. The van der Waals surface area contributed by atoms with E-state index in [1.54, 1.807) is 0 Å². The summed E-state index contributed by atoms with van der Waals surface area (Å²) in [5.74, 6) is 0.828. The molecule has 1 aromatic carbocycles. The molecule has 4 aliphatic heterocycles. The number of aromatic nitrogens is 3. The molecule has 0 radical (unpaired) electrons. The molecule has 3 saturated heterocycles. The lowest BCUT2D eigenvalue weighted by Gasteiger charge is -2.48. The van der Waals surface area contributed by atoms with Crippen LogP contribution in [0.3, 0.4) is 0 Å². The topological polar surface area (TPSA) is 110 Å². The predicted octanol–water partition coefficient (Wildman–Crippen LogP) is 4.52. The van der Waals surface area contributed by atoms with Crippen molar-refractivity contribution < 1.29 is 14.3 Å². The highest BCUT2D eigenvalue weighted by Crippen LogP contribution is 2.52. The monoisotopic (exact) mass is 611 g/mol. The van der Waals surface area contributed by atoms with E-state index in [2.05, 4.69) is 51.4 Å². The maximum atomic E-state index is 14.7. The van der Waals surface area contributed by atoms with E-state index >= 15 is 0 Å². The van der Waals surface area contributed by atoms with Gasteiger partial charge in [-0.1, -0.05) is 18.6 Å². The third-order valence-corrected chi connectivity index (χ3v) is 11.5. The number of rotatable bonds is 5. The molecule has 3 aromatic rings. The Morgan fingerprint density at radius 1 is 1.02 bits per heavy atom. The van der Waals surface area contributed by atoms with Gasteiger partial charge in [0.15, 0.2) is 0 Å². The van der Waals surface area contributed by atoms with Crippen molar-refractivity contribution in [2.75, 3.05) is 50.0 Å². The molecule has 4 fully saturated rings. The molecule has 6 heterocycles. The number of nitrogens with two attached hydrogens (primary N) is 1. The fourth-order valence-electron chi connectivity index (χ4n) is 8.58. The third kappa shape index (κ3) is 4.42. The molecule has 10 heteroatoms. The van der Waals surface area contributed by atoms with Crippen LogP contribution in [0.2, 0.25) is 0 Å². The second kappa shape index (κ2) is 10.5. The van der Waals surface area contributed by atoms with Crippen molar-refractivity contribution >= 4 is 34.4 Å². The van der Waals surface area contributed by atoms with Gasteiger partial charge in [-0.25, -0.2) is 9.97 Å². The summed E-state index contributed by atoms with van der Waals surface area (Å²) in [4.78, 5) is 44.2. The zero-order valence-electron chi connectivity index (χ0n) is 26.8. The SMILES string of the molecule is CC(C)n1cnc2cc(-c3ccc4c(c3)N([C@H]3C[C@@H](N5CCCCC5)C3)C(=O)C43CCN(C(=O)C4(C)COC4)CC3)nc(N)c21. The van der Waals surface area contributed by atoms with Crippen molar-refractivity contribution in [1.82, 2.24) is 24.3 Å². The Morgan fingerprint density at radius 2 is 1.76 bits per heavy atom. The number of benzene rings is 1.